The summed E-state index contributed by atoms with van der Waals surface area (Å²) >= 11 is 5.71. The van der Waals surface area contributed by atoms with Crippen molar-refractivity contribution in [1.82, 2.24) is 4.72 Å². The van der Waals surface area contributed by atoms with E-state index in [2.05, 4.69) is 10.0 Å². The van der Waals surface area contributed by atoms with Gasteiger partial charge in [0.1, 0.15) is 5.82 Å². The predicted octanol–water partition coefficient (Wildman–Crippen LogP) is 2.78. The van der Waals surface area contributed by atoms with E-state index in [9.17, 15) is 17.6 Å². The molecule has 0 unspecified atom stereocenters. The van der Waals surface area contributed by atoms with Crippen LogP contribution in [0.3, 0.4) is 0 Å². The number of nitrogens with one attached hydrogen (secondary N) is 2. The van der Waals surface area contributed by atoms with Gasteiger partial charge in [0.05, 0.1) is 10.9 Å². The van der Waals surface area contributed by atoms with E-state index in [1.54, 1.807) is 0 Å². The van der Waals surface area contributed by atoms with Gasteiger partial charge in [-0.3, -0.25) is 4.79 Å². The Bertz CT molecular complexity index is 792. The zero-order chi connectivity index (χ0) is 17.0. The van der Waals surface area contributed by atoms with Crippen molar-refractivity contribution in [3.63, 3.8) is 0 Å². The van der Waals surface area contributed by atoms with Crippen LogP contribution in [0.1, 0.15) is 6.92 Å². The SMILES string of the molecule is C[C@H](NS(=O)(=O)c1ccc(Cl)cc1)C(=O)Nc1ccc(F)cc1. The predicted molar refractivity (Wildman–Crippen MR) is 86.3 cm³/mol. The van der Waals surface area contributed by atoms with E-state index in [0.717, 1.165) is 0 Å². The minimum Gasteiger partial charge on any atom is -0.325 e. The molecule has 0 saturated heterocycles. The molecule has 0 aliphatic rings. The summed E-state index contributed by atoms with van der Waals surface area (Å²) in [5.74, 6) is -0.992. The first-order chi connectivity index (χ1) is 10.8. The van der Waals surface area contributed by atoms with Crippen molar-refractivity contribution in [2.75, 3.05) is 5.32 Å². The van der Waals surface area contributed by atoms with Gasteiger partial charge in [0.25, 0.3) is 0 Å². The highest BCUT2D eigenvalue weighted by Gasteiger charge is 2.22. The van der Waals surface area contributed by atoms with Gasteiger partial charge in [0, 0.05) is 10.7 Å². The van der Waals surface area contributed by atoms with Crippen LogP contribution >= 0.6 is 11.6 Å². The van der Waals surface area contributed by atoms with Gasteiger partial charge in [0.15, 0.2) is 0 Å². The molecule has 2 aromatic carbocycles. The molecule has 1 atom stereocenters. The van der Waals surface area contributed by atoms with Gasteiger partial charge in [-0.15, -0.1) is 0 Å². The van der Waals surface area contributed by atoms with Crippen LogP contribution in [0.5, 0.6) is 0 Å². The molecule has 0 saturated carbocycles. The number of benzene rings is 2. The number of hydrogen-bond donors (Lipinski definition) is 2. The number of anilines is 1. The summed E-state index contributed by atoms with van der Waals surface area (Å²) in [5.41, 5.74) is 0.369. The Hall–Kier alpha value is -1.96. The molecule has 122 valence electrons. The molecule has 0 aromatic heterocycles. The highest BCUT2D eigenvalue weighted by molar-refractivity contribution is 7.89. The standard InChI is InChI=1S/C15H14ClFN2O3S/c1-10(15(20)18-13-6-4-12(17)5-7-13)19-23(21,22)14-8-2-11(16)3-9-14/h2-10,19H,1H3,(H,18,20)/t10-/m0/s1. The van der Waals surface area contributed by atoms with Gasteiger partial charge in [-0.2, -0.15) is 4.72 Å². The molecule has 0 fully saturated rings. The van der Waals surface area contributed by atoms with Crippen molar-refractivity contribution in [3.05, 3.63) is 59.4 Å². The van der Waals surface area contributed by atoms with E-state index < -0.39 is 27.8 Å². The maximum atomic E-state index is 12.8. The molecule has 23 heavy (non-hydrogen) atoms. The van der Waals surface area contributed by atoms with Crippen molar-refractivity contribution >= 4 is 33.2 Å². The zero-order valence-corrected chi connectivity index (χ0v) is 13.7. The third-order valence-electron chi connectivity index (χ3n) is 2.96. The van der Waals surface area contributed by atoms with Crippen LogP contribution in [-0.4, -0.2) is 20.4 Å². The Morgan fingerprint density at radius 3 is 2.22 bits per heavy atom. The fourth-order valence-electron chi connectivity index (χ4n) is 1.75. The monoisotopic (exact) mass is 356 g/mol. The highest BCUT2D eigenvalue weighted by Crippen LogP contribution is 2.14. The lowest BCUT2D eigenvalue weighted by molar-refractivity contribution is -0.117. The van der Waals surface area contributed by atoms with Crippen molar-refractivity contribution in [2.45, 2.75) is 17.9 Å². The van der Waals surface area contributed by atoms with Gasteiger partial charge in [-0.25, -0.2) is 12.8 Å². The van der Waals surface area contributed by atoms with Crippen LogP contribution in [0, 0.1) is 5.82 Å². The second-order valence-electron chi connectivity index (χ2n) is 4.79. The topological polar surface area (TPSA) is 75.3 Å². The van der Waals surface area contributed by atoms with E-state index in [0.29, 0.717) is 10.7 Å². The molecule has 8 heteroatoms. The Kier molecular flexibility index (Phi) is 5.35. The number of hydrogen-bond acceptors (Lipinski definition) is 3. The fourth-order valence-corrected chi connectivity index (χ4v) is 3.08. The van der Waals surface area contributed by atoms with Gasteiger partial charge >= 0.3 is 0 Å². The van der Waals surface area contributed by atoms with Crippen molar-refractivity contribution in [2.24, 2.45) is 0 Å². The third kappa shape index (κ3) is 4.75. The van der Waals surface area contributed by atoms with Gasteiger partial charge < -0.3 is 5.32 Å². The fraction of sp³-hybridized carbons (Fsp3) is 0.133. The Morgan fingerprint density at radius 1 is 1.09 bits per heavy atom. The lowest BCUT2D eigenvalue weighted by Gasteiger charge is -2.14. The first-order valence-electron chi connectivity index (χ1n) is 6.62. The molecule has 0 aliphatic heterocycles. The minimum atomic E-state index is -3.85. The average Bonchev–Trinajstić information content (AvgIpc) is 2.49. The average molecular weight is 357 g/mol. The normalized spacial score (nSPS) is 12.7. The van der Waals surface area contributed by atoms with E-state index in [-0.39, 0.29) is 4.90 Å². The van der Waals surface area contributed by atoms with Crippen LogP contribution in [0.2, 0.25) is 5.02 Å². The number of carbonyl (C=O) groups is 1. The van der Waals surface area contributed by atoms with Crippen LogP contribution in [0.4, 0.5) is 10.1 Å². The minimum absolute atomic E-state index is 0.00309. The molecule has 0 bridgehead atoms. The molecule has 2 aromatic rings. The number of amides is 1. The third-order valence-corrected chi connectivity index (χ3v) is 4.77. The molecular formula is C15H14ClFN2O3S. The van der Waals surface area contributed by atoms with E-state index in [4.69, 9.17) is 11.6 Å². The van der Waals surface area contributed by atoms with Gasteiger partial charge in [0.2, 0.25) is 15.9 Å². The molecule has 0 aliphatic carbocycles. The Morgan fingerprint density at radius 2 is 1.65 bits per heavy atom. The second-order valence-corrected chi connectivity index (χ2v) is 6.94. The summed E-state index contributed by atoms with van der Waals surface area (Å²) in [6.07, 6.45) is 0. The molecule has 5 nitrogen and oxygen atoms in total. The second kappa shape index (κ2) is 7.08. The van der Waals surface area contributed by atoms with Crippen molar-refractivity contribution < 1.29 is 17.6 Å². The smallest absolute Gasteiger partial charge is 0.242 e. The van der Waals surface area contributed by atoms with Crippen LogP contribution in [0.15, 0.2) is 53.4 Å². The van der Waals surface area contributed by atoms with Crippen molar-refractivity contribution in [1.29, 1.82) is 0 Å². The maximum Gasteiger partial charge on any atom is 0.242 e. The van der Waals surface area contributed by atoms with Crippen molar-refractivity contribution in [3.8, 4) is 0 Å². The number of sulfonamides is 1. The molecule has 0 radical (unpaired) electrons. The summed E-state index contributed by atoms with van der Waals surface area (Å²) in [6.45, 7) is 1.41. The number of rotatable bonds is 5. The summed E-state index contributed by atoms with van der Waals surface area (Å²) in [5, 5.41) is 2.91. The maximum absolute atomic E-state index is 12.8. The first-order valence-corrected chi connectivity index (χ1v) is 8.48. The number of halogens is 2. The van der Waals surface area contributed by atoms with Crippen LogP contribution in [-0.2, 0) is 14.8 Å². The van der Waals surface area contributed by atoms with Gasteiger partial charge in [-0.05, 0) is 55.5 Å². The lowest BCUT2D eigenvalue weighted by atomic mass is 10.3. The summed E-state index contributed by atoms with van der Waals surface area (Å²) in [6, 6.07) is 9.71. The summed E-state index contributed by atoms with van der Waals surface area (Å²) in [4.78, 5) is 12.0. The van der Waals surface area contributed by atoms with E-state index in [1.807, 2.05) is 0 Å². The molecule has 0 spiro atoms. The van der Waals surface area contributed by atoms with E-state index in [1.165, 1.54) is 55.5 Å². The molecule has 0 heterocycles. The highest BCUT2D eigenvalue weighted by atomic mass is 35.5. The molecular weight excluding hydrogens is 343 g/mol. The zero-order valence-electron chi connectivity index (χ0n) is 12.1. The quantitative estimate of drug-likeness (QED) is 0.865. The van der Waals surface area contributed by atoms with E-state index >= 15 is 0 Å². The summed E-state index contributed by atoms with van der Waals surface area (Å²) < 4.78 is 39.4. The van der Waals surface area contributed by atoms with Gasteiger partial charge in [-0.1, -0.05) is 11.6 Å². The largest absolute Gasteiger partial charge is 0.325 e. The molecule has 1 amide bonds. The summed E-state index contributed by atoms with van der Waals surface area (Å²) in [7, 11) is -3.85. The Balaban J connectivity index is 2.05. The number of carbonyl (C=O) groups excluding carboxylic acids is 1. The lowest BCUT2D eigenvalue weighted by Crippen LogP contribution is -2.41. The first kappa shape index (κ1) is 17.4. The van der Waals surface area contributed by atoms with Crippen LogP contribution in [0.25, 0.3) is 0 Å². The Labute approximate surface area is 138 Å². The van der Waals surface area contributed by atoms with Crippen LogP contribution < -0.4 is 10.0 Å². The molecule has 2 rings (SSSR count). The molecule has 2 N–H and O–H groups in total.